The molecule has 0 spiro atoms. The predicted molar refractivity (Wildman–Crippen MR) is 56.0 cm³/mol. The molecule has 0 saturated heterocycles. The molecule has 0 unspecified atom stereocenters. The SMILES string of the molecule is NCC1(c2ccc(Cl)c(F)c2)CCC1. The highest BCUT2D eigenvalue weighted by atomic mass is 35.5. The van der Waals surface area contributed by atoms with Crippen LogP contribution in [0.4, 0.5) is 4.39 Å². The first-order chi connectivity index (χ1) is 6.68. The zero-order valence-electron chi connectivity index (χ0n) is 7.89. The van der Waals surface area contributed by atoms with Crippen LogP contribution in [0.3, 0.4) is 0 Å². The van der Waals surface area contributed by atoms with Gasteiger partial charge in [-0.25, -0.2) is 4.39 Å². The molecule has 1 nitrogen and oxygen atoms in total. The number of benzene rings is 1. The Morgan fingerprint density at radius 3 is 2.57 bits per heavy atom. The second-order valence-corrected chi connectivity index (χ2v) is 4.37. The summed E-state index contributed by atoms with van der Waals surface area (Å²) in [6.45, 7) is 0.591. The Labute approximate surface area is 88.1 Å². The van der Waals surface area contributed by atoms with Gasteiger partial charge < -0.3 is 5.73 Å². The summed E-state index contributed by atoms with van der Waals surface area (Å²) in [7, 11) is 0. The van der Waals surface area contributed by atoms with E-state index in [1.165, 1.54) is 12.5 Å². The number of halogens is 2. The number of rotatable bonds is 2. The van der Waals surface area contributed by atoms with Gasteiger partial charge in [-0.3, -0.25) is 0 Å². The molecular weight excluding hydrogens is 201 g/mol. The smallest absolute Gasteiger partial charge is 0.142 e. The maximum Gasteiger partial charge on any atom is 0.142 e. The topological polar surface area (TPSA) is 26.0 Å². The van der Waals surface area contributed by atoms with Gasteiger partial charge in [0.2, 0.25) is 0 Å². The molecule has 1 aliphatic carbocycles. The minimum absolute atomic E-state index is 0.0193. The third-order valence-electron chi connectivity index (χ3n) is 3.23. The Bertz CT molecular complexity index is 342. The Morgan fingerprint density at radius 2 is 2.14 bits per heavy atom. The van der Waals surface area contributed by atoms with Crippen molar-refractivity contribution in [2.24, 2.45) is 5.73 Å². The van der Waals surface area contributed by atoms with Gasteiger partial charge in [0.25, 0.3) is 0 Å². The highest BCUT2D eigenvalue weighted by Crippen LogP contribution is 2.43. The normalized spacial score (nSPS) is 19.1. The van der Waals surface area contributed by atoms with Gasteiger partial charge in [0.15, 0.2) is 0 Å². The lowest BCUT2D eigenvalue weighted by atomic mass is 9.64. The van der Waals surface area contributed by atoms with Gasteiger partial charge in [0.1, 0.15) is 5.82 Å². The maximum absolute atomic E-state index is 13.2. The Morgan fingerprint density at radius 1 is 1.43 bits per heavy atom. The van der Waals surface area contributed by atoms with E-state index in [4.69, 9.17) is 17.3 Å². The van der Waals surface area contributed by atoms with Crippen LogP contribution in [0.5, 0.6) is 0 Å². The van der Waals surface area contributed by atoms with E-state index in [2.05, 4.69) is 0 Å². The molecule has 1 aromatic carbocycles. The number of hydrogen-bond donors (Lipinski definition) is 1. The predicted octanol–water partition coefficient (Wildman–Crippen LogP) is 2.86. The van der Waals surface area contributed by atoms with Crippen molar-refractivity contribution in [3.05, 3.63) is 34.6 Å². The number of hydrogen-bond acceptors (Lipinski definition) is 1. The van der Waals surface area contributed by atoms with Crippen molar-refractivity contribution < 1.29 is 4.39 Å². The average molecular weight is 214 g/mol. The fourth-order valence-electron chi connectivity index (χ4n) is 2.04. The molecule has 1 aromatic rings. The van der Waals surface area contributed by atoms with Crippen LogP contribution in [0, 0.1) is 5.82 Å². The molecule has 0 atom stereocenters. The molecular formula is C11H13ClFN. The van der Waals surface area contributed by atoms with Gasteiger partial charge in [-0.15, -0.1) is 0 Å². The molecule has 0 aliphatic heterocycles. The fraction of sp³-hybridized carbons (Fsp3) is 0.455. The Hall–Kier alpha value is -0.600. The summed E-state index contributed by atoms with van der Waals surface area (Å²) in [6.07, 6.45) is 3.30. The van der Waals surface area contributed by atoms with Gasteiger partial charge in [0, 0.05) is 12.0 Å². The van der Waals surface area contributed by atoms with Crippen molar-refractivity contribution in [3.63, 3.8) is 0 Å². The van der Waals surface area contributed by atoms with Gasteiger partial charge in [0.05, 0.1) is 5.02 Å². The Kier molecular flexibility index (Phi) is 2.50. The lowest BCUT2D eigenvalue weighted by Gasteiger charge is -2.41. The van der Waals surface area contributed by atoms with Crippen molar-refractivity contribution in [1.82, 2.24) is 0 Å². The van der Waals surface area contributed by atoms with Gasteiger partial charge in [-0.05, 0) is 30.5 Å². The molecule has 2 N–H and O–H groups in total. The molecule has 14 heavy (non-hydrogen) atoms. The highest BCUT2D eigenvalue weighted by molar-refractivity contribution is 6.30. The lowest BCUT2D eigenvalue weighted by Crippen LogP contribution is -2.41. The largest absolute Gasteiger partial charge is 0.330 e. The summed E-state index contributed by atoms with van der Waals surface area (Å²) in [4.78, 5) is 0. The van der Waals surface area contributed by atoms with Gasteiger partial charge >= 0.3 is 0 Å². The standard InChI is InChI=1S/C11H13ClFN/c12-9-3-2-8(6-10(9)13)11(7-14)4-1-5-11/h2-3,6H,1,4-5,7,14H2. The van der Waals surface area contributed by atoms with Crippen molar-refractivity contribution in [2.45, 2.75) is 24.7 Å². The first-order valence-electron chi connectivity index (χ1n) is 4.83. The van der Waals surface area contributed by atoms with Crippen molar-refractivity contribution in [1.29, 1.82) is 0 Å². The van der Waals surface area contributed by atoms with Crippen LogP contribution in [-0.4, -0.2) is 6.54 Å². The maximum atomic E-state index is 13.2. The van der Waals surface area contributed by atoms with Crippen LogP contribution in [0.25, 0.3) is 0 Å². The van der Waals surface area contributed by atoms with E-state index in [1.807, 2.05) is 6.07 Å². The van der Waals surface area contributed by atoms with E-state index >= 15 is 0 Å². The van der Waals surface area contributed by atoms with Crippen molar-refractivity contribution in [3.8, 4) is 0 Å². The van der Waals surface area contributed by atoms with E-state index in [9.17, 15) is 4.39 Å². The van der Waals surface area contributed by atoms with Crippen molar-refractivity contribution >= 4 is 11.6 Å². The molecule has 0 radical (unpaired) electrons. The van der Waals surface area contributed by atoms with Gasteiger partial charge in [-0.1, -0.05) is 24.1 Å². The van der Waals surface area contributed by atoms with E-state index in [-0.39, 0.29) is 16.3 Å². The summed E-state index contributed by atoms with van der Waals surface area (Å²) in [5.74, 6) is -0.344. The van der Waals surface area contributed by atoms with E-state index in [1.54, 1.807) is 6.07 Å². The quantitative estimate of drug-likeness (QED) is 0.803. The zero-order valence-corrected chi connectivity index (χ0v) is 8.65. The van der Waals surface area contributed by atoms with E-state index in [0.717, 1.165) is 18.4 Å². The third-order valence-corrected chi connectivity index (χ3v) is 3.54. The van der Waals surface area contributed by atoms with Crippen LogP contribution in [0.2, 0.25) is 5.02 Å². The molecule has 1 saturated carbocycles. The summed E-state index contributed by atoms with van der Waals surface area (Å²) < 4.78 is 13.2. The molecule has 1 fully saturated rings. The highest BCUT2D eigenvalue weighted by Gasteiger charge is 2.37. The molecule has 1 aliphatic rings. The summed E-state index contributed by atoms with van der Waals surface area (Å²) >= 11 is 5.63. The first kappa shape index (κ1) is 9.94. The van der Waals surface area contributed by atoms with Gasteiger partial charge in [-0.2, -0.15) is 0 Å². The molecule has 76 valence electrons. The van der Waals surface area contributed by atoms with Crippen LogP contribution < -0.4 is 5.73 Å². The minimum atomic E-state index is -0.344. The fourth-order valence-corrected chi connectivity index (χ4v) is 2.16. The Balaban J connectivity index is 2.36. The van der Waals surface area contributed by atoms with E-state index in [0.29, 0.717) is 6.54 Å². The summed E-state index contributed by atoms with van der Waals surface area (Å²) in [5.41, 5.74) is 6.75. The molecule has 2 rings (SSSR count). The van der Waals surface area contributed by atoms with Crippen LogP contribution in [0.1, 0.15) is 24.8 Å². The third kappa shape index (κ3) is 1.43. The lowest BCUT2D eigenvalue weighted by molar-refractivity contribution is 0.252. The summed E-state index contributed by atoms with van der Waals surface area (Å²) in [5, 5.41) is 0.181. The molecule has 0 heterocycles. The second kappa shape index (κ2) is 3.52. The zero-order chi connectivity index (χ0) is 10.2. The summed E-state index contributed by atoms with van der Waals surface area (Å²) in [6, 6.07) is 5.02. The number of nitrogens with two attached hydrogens (primary N) is 1. The van der Waals surface area contributed by atoms with Crippen LogP contribution in [0.15, 0.2) is 18.2 Å². The van der Waals surface area contributed by atoms with Crippen LogP contribution >= 0.6 is 11.6 Å². The first-order valence-corrected chi connectivity index (χ1v) is 5.21. The molecule has 0 aromatic heterocycles. The second-order valence-electron chi connectivity index (χ2n) is 3.97. The van der Waals surface area contributed by atoms with Crippen molar-refractivity contribution in [2.75, 3.05) is 6.54 Å². The minimum Gasteiger partial charge on any atom is -0.330 e. The molecule has 0 bridgehead atoms. The van der Waals surface area contributed by atoms with Crippen LogP contribution in [-0.2, 0) is 5.41 Å². The van der Waals surface area contributed by atoms with E-state index < -0.39 is 0 Å². The molecule has 3 heteroatoms. The molecule has 0 amide bonds. The average Bonchev–Trinajstić information content (AvgIpc) is 2.10. The monoisotopic (exact) mass is 213 g/mol.